The lowest BCUT2D eigenvalue weighted by Gasteiger charge is -2.49. The predicted molar refractivity (Wildman–Crippen MR) is 83.8 cm³/mol. The maximum atomic E-state index is 10.7. The first-order valence-electron chi connectivity index (χ1n) is 8.38. The van der Waals surface area contributed by atoms with E-state index in [0.29, 0.717) is 5.92 Å². The minimum Gasteiger partial charge on any atom is -0.472 e. The Morgan fingerprint density at radius 2 is 2.23 bits per heavy atom. The van der Waals surface area contributed by atoms with Crippen molar-refractivity contribution in [2.45, 2.75) is 58.0 Å². The number of aryl methyl sites for hydroxylation is 2. The van der Waals surface area contributed by atoms with Crippen molar-refractivity contribution in [3.63, 3.8) is 0 Å². The lowest BCUT2D eigenvalue weighted by molar-refractivity contribution is 0.0114. The highest BCUT2D eigenvalue weighted by atomic mass is 16.3. The fourth-order valence-electron chi connectivity index (χ4n) is 4.67. The van der Waals surface area contributed by atoms with Gasteiger partial charge in [0, 0.05) is 17.9 Å². The maximum absolute atomic E-state index is 10.7. The van der Waals surface area contributed by atoms with Crippen LogP contribution >= 0.6 is 0 Å². The molecule has 0 saturated heterocycles. The molecule has 1 unspecified atom stereocenters. The van der Waals surface area contributed by atoms with Gasteiger partial charge in [-0.3, -0.25) is 0 Å². The van der Waals surface area contributed by atoms with Crippen LogP contribution in [0.4, 0.5) is 0 Å². The predicted octanol–water partition coefficient (Wildman–Crippen LogP) is 4.09. The van der Waals surface area contributed by atoms with E-state index in [1.165, 1.54) is 16.7 Å². The molecule has 1 N–H and O–H groups in total. The zero-order valence-electron chi connectivity index (χ0n) is 13.3. The molecule has 0 amide bonds. The first kappa shape index (κ1) is 14.1. The average Bonchev–Trinajstić information content (AvgIpc) is 3.14. The third kappa shape index (κ3) is 1.98. The molecule has 3 nitrogen and oxygen atoms in total. The number of furan rings is 2. The Hall–Kier alpha value is -1.48. The highest BCUT2D eigenvalue weighted by molar-refractivity contribution is 5.40. The van der Waals surface area contributed by atoms with E-state index in [9.17, 15) is 5.11 Å². The van der Waals surface area contributed by atoms with Gasteiger partial charge in [0.25, 0.3) is 0 Å². The molecule has 4 atom stereocenters. The Morgan fingerprint density at radius 1 is 1.36 bits per heavy atom. The van der Waals surface area contributed by atoms with Crippen molar-refractivity contribution in [3.05, 3.63) is 47.3 Å². The summed E-state index contributed by atoms with van der Waals surface area (Å²) in [5.41, 5.74) is 4.00. The van der Waals surface area contributed by atoms with E-state index in [-0.39, 0.29) is 17.4 Å². The van der Waals surface area contributed by atoms with E-state index in [4.69, 9.17) is 8.83 Å². The summed E-state index contributed by atoms with van der Waals surface area (Å²) in [5.74, 6) is 1.83. The SMILES string of the molecule is C[C@@H]1Cc2occ3c2C([C@@H](O)CC3)[C@@]1(C)CCc1ccoc1. The second kappa shape index (κ2) is 5.02. The quantitative estimate of drug-likeness (QED) is 0.928. The second-order valence-electron chi connectivity index (χ2n) is 7.42. The first-order chi connectivity index (χ1) is 10.6. The number of hydrogen-bond donors (Lipinski definition) is 1. The summed E-state index contributed by atoms with van der Waals surface area (Å²) in [5, 5.41) is 10.7. The Morgan fingerprint density at radius 3 is 3.00 bits per heavy atom. The molecule has 22 heavy (non-hydrogen) atoms. The van der Waals surface area contributed by atoms with Crippen molar-refractivity contribution in [2.75, 3.05) is 0 Å². The number of aliphatic hydroxyl groups excluding tert-OH is 1. The normalized spacial score (nSPS) is 33.7. The molecule has 2 aliphatic rings. The Kier molecular flexibility index (Phi) is 3.23. The van der Waals surface area contributed by atoms with Gasteiger partial charge in [0.05, 0.1) is 24.9 Å². The first-order valence-corrected chi connectivity index (χ1v) is 8.38. The van der Waals surface area contributed by atoms with Gasteiger partial charge in [-0.15, -0.1) is 0 Å². The zero-order chi connectivity index (χ0) is 15.3. The Bertz CT molecular complexity index is 654. The molecule has 4 rings (SSSR count). The summed E-state index contributed by atoms with van der Waals surface area (Å²) in [6.45, 7) is 4.67. The average molecular weight is 300 g/mol. The molecule has 2 heterocycles. The van der Waals surface area contributed by atoms with Crippen LogP contribution in [0.5, 0.6) is 0 Å². The molecule has 118 valence electrons. The van der Waals surface area contributed by atoms with Crippen LogP contribution in [0, 0.1) is 11.3 Å². The van der Waals surface area contributed by atoms with E-state index in [1.54, 1.807) is 6.26 Å². The van der Waals surface area contributed by atoms with Crippen molar-refractivity contribution in [2.24, 2.45) is 11.3 Å². The fourth-order valence-corrected chi connectivity index (χ4v) is 4.67. The fraction of sp³-hybridized carbons (Fsp3) is 0.579. The Balaban J connectivity index is 1.70. The number of rotatable bonds is 3. The monoisotopic (exact) mass is 300 g/mol. The minimum absolute atomic E-state index is 0.0999. The molecule has 2 aromatic rings. The molecule has 0 bridgehead atoms. The highest BCUT2D eigenvalue weighted by Gasteiger charge is 2.50. The van der Waals surface area contributed by atoms with Crippen molar-refractivity contribution < 1.29 is 13.9 Å². The summed E-state index contributed by atoms with van der Waals surface area (Å²) in [6.07, 6.45) is 10.1. The summed E-state index contributed by atoms with van der Waals surface area (Å²) >= 11 is 0. The van der Waals surface area contributed by atoms with Crippen LogP contribution in [0.2, 0.25) is 0 Å². The molecule has 0 saturated carbocycles. The molecule has 0 fully saturated rings. The Labute approximate surface area is 131 Å². The molecule has 2 aromatic heterocycles. The van der Waals surface area contributed by atoms with Crippen LogP contribution in [0.25, 0.3) is 0 Å². The molecular formula is C19H24O3. The topological polar surface area (TPSA) is 46.5 Å². The summed E-state index contributed by atoms with van der Waals surface area (Å²) in [4.78, 5) is 0. The molecule has 2 aliphatic carbocycles. The number of aliphatic hydroxyl groups is 1. The molecule has 0 aliphatic heterocycles. The lowest BCUT2D eigenvalue weighted by atomic mass is 9.55. The van der Waals surface area contributed by atoms with Crippen molar-refractivity contribution >= 4 is 0 Å². The third-order valence-corrected chi connectivity index (χ3v) is 6.26. The molecule has 3 heteroatoms. The van der Waals surface area contributed by atoms with Crippen LogP contribution in [-0.2, 0) is 19.3 Å². The largest absolute Gasteiger partial charge is 0.472 e. The summed E-state index contributed by atoms with van der Waals surface area (Å²) in [7, 11) is 0. The van der Waals surface area contributed by atoms with Gasteiger partial charge in [-0.05, 0) is 54.2 Å². The maximum Gasteiger partial charge on any atom is 0.107 e. The molecule has 0 radical (unpaired) electrons. The molecule has 0 spiro atoms. The molecule has 0 aromatic carbocycles. The summed E-state index contributed by atoms with van der Waals surface area (Å²) in [6, 6.07) is 2.04. The minimum atomic E-state index is -0.249. The van der Waals surface area contributed by atoms with Gasteiger partial charge in [-0.1, -0.05) is 13.8 Å². The van der Waals surface area contributed by atoms with Crippen LogP contribution < -0.4 is 0 Å². The summed E-state index contributed by atoms with van der Waals surface area (Å²) < 4.78 is 11.0. The van der Waals surface area contributed by atoms with Crippen molar-refractivity contribution in [1.29, 1.82) is 0 Å². The number of hydrogen-bond acceptors (Lipinski definition) is 3. The van der Waals surface area contributed by atoms with E-state index in [1.807, 2.05) is 18.6 Å². The van der Waals surface area contributed by atoms with E-state index < -0.39 is 0 Å². The van der Waals surface area contributed by atoms with E-state index >= 15 is 0 Å². The van der Waals surface area contributed by atoms with Gasteiger partial charge >= 0.3 is 0 Å². The van der Waals surface area contributed by atoms with E-state index in [2.05, 4.69) is 13.8 Å². The van der Waals surface area contributed by atoms with Crippen LogP contribution in [0.3, 0.4) is 0 Å². The van der Waals surface area contributed by atoms with Gasteiger partial charge < -0.3 is 13.9 Å². The second-order valence-corrected chi connectivity index (χ2v) is 7.42. The third-order valence-electron chi connectivity index (χ3n) is 6.26. The van der Waals surface area contributed by atoms with Gasteiger partial charge in [-0.2, -0.15) is 0 Å². The highest BCUT2D eigenvalue weighted by Crippen LogP contribution is 2.56. The van der Waals surface area contributed by atoms with Crippen LogP contribution in [0.1, 0.15) is 55.1 Å². The lowest BCUT2D eigenvalue weighted by Crippen LogP contribution is -2.45. The van der Waals surface area contributed by atoms with Crippen LogP contribution in [-0.4, -0.2) is 11.2 Å². The van der Waals surface area contributed by atoms with Gasteiger partial charge in [0.15, 0.2) is 0 Å². The zero-order valence-corrected chi connectivity index (χ0v) is 13.3. The van der Waals surface area contributed by atoms with E-state index in [0.717, 1.165) is 37.9 Å². The van der Waals surface area contributed by atoms with Crippen molar-refractivity contribution in [1.82, 2.24) is 0 Å². The smallest absolute Gasteiger partial charge is 0.107 e. The standard InChI is InChI=1S/C19H24O3/c1-12-9-16-17-14(11-22-16)3-4-15(20)18(17)19(12,2)7-5-13-6-8-21-10-13/h6,8,10-12,15,18,20H,3-5,7,9H2,1-2H3/t12-,15+,18?,19+/m1/s1. The van der Waals surface area contributed by atoms with Gasteiger partial charge in [0.1, 0.15) is 5.76 Å². The molecular weight excluding hydrogens is 276 g/mol. The van der Waals surface area contributed by atoms with Gasteiger partial charge in [-0.25, -0.2) is 0 Å². The van der Waals surface area contributed by atoms with Crippen molar-refractivity contribution in [3.8, 4) is 0 Å². The van der Waals surface area contributed by atoms with Crippen LogP contribution in [0.15, 0.2) is 33.7 Å². The van der Waals surface area contributed by atoms with Gasteiger partial charge in [0.2, 0.25) is 0 Å².